The monoisotopic (exact) mass is 289 g/mol. The second-order valence-electron chi connectivity index (χ2n) is 7.69. The van der Waals surface area contributed by atoms with Crippen LogP contribution in [0.25, 0.3) is 0 Å². The predicted octanol–water partition coefficient (Wildman–Crippen LogP) is 4.64. The molecule has 0 fully saturated rings. The van der Waals surface area contributed by atoms with Crippen molar-refractivity contribution in [1.82, 2.24) is 5.32 Å². The van der Waals surface area contributed by atoms with Crippen LogP contribution in [0.1, 0.15) is 64.4 Å². The van der Waals surface area contributed by atoms with E-state index in [0.717, 1.165) is 12.1 Å². The molecule has 2 nitrogen and oxygen atoms in total. The summed E-state index contributed by atoms with van der Waals surface area (Å²) >= 11 is 0. The molecule has 0 saturated heterocycles. The Bertz CT molecular complexity index is 443. The minimum atomic E-state index is 0.0294. The number of carbonyl (C=O) groups is 1. The van der Waals surface area contributed by atoms with Crippen molar-refractivity contribution in [2.45, 2.75) is 53.9 Å². The van der Waals surface area contributed by atoms with Crippen LogP contribution < -0.4 is 5.32 Å². The van der Waals surface area contributed by atoms with E-state index in [2.05, 4.69) is 65.9 Å². The number of benzene rings is 1. The maximum absolute atomic E-state index is 12.2. The van der Waals surface area contributed by atoms with Gasteiger partial charge in [-0.05, 0) is 40.9 Å². The highest BCUT2D eigenvalue weighted by molar-refractivity contribution is 5.94. The van der Waals surface area contributed by atoms with Crippen LogP contribution in [0, 0.1) is 17.8 Å². The number of hydrogen-bond donors (Lipinski definition) is 1. The van der Waals surface area contributed by atoms with Crippen molar-refractivity contribution in [3.05, 3.63) is 35.4 Å². The summed E-state index contributed by atoms with van der Waals surface area (Å²) in [4.78, 5) is 12.2. The molecule has 1 amide bonds. The molecule has 0 aliphatic rings. The van der Waals surface area contributed by atoms with Gasteiger partial charge in [0, 0.05) is 12.1 Å². The Labute approximate surface area is 130 Å². The molecule has 0 unspecified atom stereocenters. The fourth-order valence-electron chi connectivity index (χ4n) is 2.68. The summed E-state index contributed by atoms with van der Waals surface area (Å²) in [5, 5.41) is 3.08. The molecule has 0 saturated carbocycles. The van der Waals surface area contributed by atoms with Crippen molar-refractivity contribution in [2.24, 2.45) is 17.8 Å². The van der Waals surface area contributed by atoms with Crippen molar-refractivity contribution < 1.29 is 4.79 Å². The summed E-state index contributed by atoms with van der Waals surface area (Å²) in [5.41, 5.74) is 2.12. The summed E-state index contributed by atoms with van der Waals surface area (Å²) < 4.78 is 0. The quantitative estimate of drug-likeness (QED) is 0.840. The van der Waals surface area contributed by atoms with E-state index in [0.29, 0.717) is 17.8 Å². The summed E-state index contributed by atoms with van der Waals surface area (Å²) in [6.45, 7) is 16.1. The molecule has 0 aromatic heterocycles. The first-order chi connectivity index (χ1) is 9.62. The van der Waals surface area contributed by atoms with Crippen LogP contribution in [0.3, 0.4) is 0 Å². The van der Waals surface area contributed by atoms with Crippen LogP contribution in [-0.4, -0.2) is 12.5 Å². The second-order valence-corrected chi connectivity index (χ2v) is 7.69. The van der Waals surface area contributed by atoms with Crippen LogP contribution in [0.4, 0.5) is 0 Å². The molecule has 0 spiro atoms. The average Bonchev–Trinajstić information content (AvgIpc) is 2.37. The Kier molecular flexibility index (Phi) is 6.00. The lowest BCUT2D eigenvalue weighted by molar-refractivity contribution is 0.0937. The van der Waals surface area contributed by atoms with Gasteiger partial charge in [-0.15, -0.1) is 0 Å². The largest absolute Gasteiger partial charge is 0.352 e. The van der Waals surface area contributed by atoms with E-state index in [4.69, 9.17) is 0 Å². The Hall–Kier alpha value is -1.31. The molecule has 0 bridgehead atoms. The minimum absolute atomic E-state index is 0.0294. The normalized spacial score (nSPS) is 12.3. The van der Waals surface area contributed by atoms with Crippen LogP contribution in [0.15, 0.2) is 24.3 Å². The predicted molar refractivity (Wildman–Crippen MR) is 90.6 cm³/mol. The minimum Gasteiger partial charge on any atom is -0.352 e. The average molecular weight is 289 g/mol. The van der Waals surface area contributed by atoms with Gasteiger partial charge in [-0.25, -0.2) is 0 Å². The lowest BCUT2D eigenvalue weighted by Crippen LogP contribution is -2.33. The third kappa shape index (κ3) is 5.18. The van der Waals surface area contributed by atoms with Gasteiger partial charge >= 0.3 is 0 Å². The zero-order valence-electron chi connectivity index (χ0n) is 14.7. The first kappa shape index (κ1) is 17.7. The van der Waals surface area contributed by atoms with Crippen LogP contribution in [0.5, 0.6) is 0 Å². The lowest BCUT2D eigenvalue weighted by atomic mass is 9.85. The number of nitrogens with one attached hydrogen (secondary N) is 1. The maximum Gasteiger partial charge on any atom is 0.251 e. The summed E-state index contributed by atoms with van der Waals surface area (Å²) in [6, 6.07) is 7.96. The molecule has 118 valence electrons. The van der Waals surface area contributed by atoms with E-state index in [1.165, 1.54) is 5.56 Å². The Morgan fingerprint density at radius 2 is 1.48 bits per heavy atom. The first-order valence-electron chi connectivity index (χ1n) is 8.01. The summed E-state index contributed by atoms with van der Waals surface area (Å²) in [7, 11) is 0. The van der Waals surface area contributed by atoms with Gasteiger partial charge in [-0.1, -0.05) is 60.6 Å². The molecule has 0 atom stereocenters. The SMILES string of the molecule is CC(C)C(CNC(=O)c1ccc(C(C)(C)C)cc1)C(C)C. The van der Waals surface area contributed by atoms with Crippen molar-refractivity contribution in [1.29, 1.82) is 0 Å². The molecule has 1 aromatic rings. The molecule has 0 aliphatic heterocycles. The molecule has 2 heteroatoms. The highest BCUT2D eigenvalue weighted by atomic mass is 16.1. The van der Waals surface area contributed by atoms with E-state index in [-0.39, 0.29) is 11.3 Å². The highest BCUT2D eigenvalue weighted by Gasteiger charge is 2.19. The van der Waals surface area contributed by atoms with E-state index < -0.39 is 0 Å². The van der Waals surface area contributed by atoms with Crippen molar-refractivity contribution in [2.75, 3.05) is 6.54 Å². The van der Waals surface area contributed by atoms with Gasteiger partial charge in [0.15, 0.2) is 0 Å². The molecule has 21 heavy (non-hydrogen) atoms. The fraction of sp³-hybridized carbons (Fsp3) is 0.632. The van der Waals surface area contributed by atoms with Gasteiger partial charge in [0.05, 0.1) is 0 Å². The summed E-state index contributed by atoms with van der Waals surface area (Å²) in [6.07, 6.45) is 0. The van der Waals surface area contributed by atoms with E-state index in [1.807, 2.05) is 12.1 Å². The van der Waals surface area contributed by atoms with Gasteiger partial charge in [-0.2, -0.15) is 0 Å². The van der Waals surface area contributed by atoms with E-state index in [1.54, 1.807) is 0 Å². The second kappa shape index (κ2) is 7.11. The standard InChI is InChI=1S/C19H31NO/c1-13(2)17(14(3)4)12-20-18(21)15-8-10-16(11-9-15)19(5,6)7/h8-11,13-14,17H,12H2,1-7H3,(H,20,21). The van der Waals surface area contributed by atoms with E-state index in [9.17, 15) is 4.79 Å². The number of amides is 1. The zero-order valence-corrected chi connectivity index (χ0v) is 14.7. The van der Waals surface area contributed by atoms with Crippen LogP contribution in [-0.2, 0) is 5.41 Å². The van der Waals surface area contributed by atoms with Gasteiger partial charge < -0.3 is 5.32 Å². The molecular weight excluding hydrogens is 258 g/mol. The Morgan fingerprint density at radius 1 is 1.00 bits per heavy atom. The molecular formula is C19H31NO. The molecule has 1 N–H and O–H groups in total. The smallest absolute Gasteiger partial charge is 0.251 e. The molecule has 0 heterocycles. The lowest BCUT2D eigenvalue weighted by Gasteiger charge is -2.25. The third-order valence-electron chi connectivity index (χ3n) is 4.22. The molecule has 0 aliphatic carbocycles. The zero-order chi connectivity index (χ0) is 16.2. The summed E-state index contributed by atoms with van der Waals surface area (Å²) in [5.74, 6) is 1.70. The number of rotatable bonds is 5. The van der Waals surface area contributed by atoms with Gasteiger partial charge in [0.2, 0.25) is 0 Å². The molecule has 1 rings (SSSR count). The fourth-order valence-corrected chi connectivity index (χ4v) is 2.68. The van der Waals surface area contributed by atoms with Crippen molar-refractivity contribution in [3.8, 4) is 0 Å². The topological polar surface area (TPSA) is 29.1 Å². The van der Waals surface area contributed by atoms with Crippen molar-refractivity contribution in [3.63, 3.8) is 0 Å². The van der Waals surface area contributed by atoms with Crippen LogP contribution in [0.2, 0.25) is 0 Å². The van der Waals surface area contributed by atoms with Gasteiger partial charge in [0.1, 0.15) is 0 Å². The maximum atomic E-state index is 12.2. The molecule has 0 radical (unpaired) electrons. The Morgan fingerprint density at radius 3 is 1.86 bits per heavy atom. The first-order valence-corrected chi connectivity index (χ1v) is 8.01. The Balaban J connectivity index is 2.68. The number of carbonyl (C=O) groups excluding carboxylic acids is 1. The number of hydrogen-bond acceptors (Lipinski definition) is 1. The van der Waals surface area contributed by atoms with Gasteiger partial charge in [0.25, 0.3) is 5.91 Å². The third-order valence-corrected chi connectivity index (χ3v) is 4.22. The molecule has 1 aromatic carbocycles. The highest BCUT2D eigenvalue weighted by Crippen LogP contribution is 2.22. The van der Waals surface area contributed by atoms with Gasteiger partial charge in [-0.3, -0.25) is 4.79 Å². The van der Waals surface area contributed by atoms with Crippen LogP contribution >= 0.6 is 0 Å². The van der Waals surface area contributed by atoms with E-state index >= 15 is 0 Å². The van der Waals surface area contributed by atoms with Crippen molar-refractivity contribution >= 4 is 5.91 Å².